The number of halogens is 1. The van der Waals surface area contributed by atoms with Crippen molar-refractivity contribution in [2.24, 2.45) is 0 Å². The van der Waals surface area contributed by atoms with Gasteiger partial charge in [-0.2, -0.15) is 5.26 Å². The number of nitrogens with one attached hydrogen (secondary N) is 1. The van der Waals surface area contributed by atoms with Gasteiger partial charge in [0.25, 0.3) is 0 Å². The fraction of sp³-hybridized carbons (Fsp3) is 0.435. The SMILES string of the molecule is COC(=O)c1c(N)c(C#N)cn1-c1cc(F)ccc1NC1CCN(C(=O)OC(C)(C)C)CC1. The molecule has 1 aliphatic heterocycles. The van der Waals surface area contributed by atoms with Crippen LogP contribution in [0.5, 0.6) is 0 Å². The molecule has 3 N–H and O–H groups in total. The summed E-state index contributed by atoms with van der Waals surface area (Å²) in [4.78, 5) is 26.3. The molecule has 1 aromatic carbocycles. The number of nitrogen functional groups attached to an aromatic ring is 1. The van der Waals surface area contributed by atoms with Gasteiger partial charge in [0.15, 0.2) is 5.69 Å². The lowest BCUT2D eigenvalue weighted by Crippen LogP contribution is -2.44. The standard InChI is InChI=1S/C23H28FN5O4/c1-23(2,3)33-22(31)28-9-7-16(8-10-28)27-17-6-5-15(24)11-18(17)29-13-14(12-25)19(26)20(29)21(30)32-4/h5-6,11,13,16,27H,7-10,26H2,1-4H3. The van der Waals surface area contributed by atoms with Gasteiger partial charge in [-0.3, -0.25) is 0 Å². The van der Waals surface area contributed by atoms with Gasteiger partial charge < -0.3 is 30.0 Å². The van der Waals surface area contributed by atoms with Crippen LogP contribution in [0, 0.1) is 17.1 Å². The predicted octanol–water partition coefficient (Wildman–Crippen LogP) is 3.67. The minimum atomic E-state index is -0.741. The number of amides is 1. The molecule has 1 saturated heterocycles. The van der Waals surface area contributed by atoms with Crippen LogP contribution in [0.25, 0.3) is 5.69 Å². The van der Waals surface area contributed by atoms with Crippen LogP contribution in [0.15, 0.2) is 24.4 Å². The van der Waals surface area contributed by atoms with Crippen molar-refractivity contribution in [2.75, 3.05) is 31.2 Å². The third-order valence-electron chi connectivity index (χ3n) is 5.27. The Balaban J connectivity index is 1.84. The summed E-state index contributed by atoms with van der Waals surface area (Å²) in [6.45, 7) is 6.48. The number of hydrogen-bond donors (Lipinski definition) is 2. The summed E-state index contributed by atoms with van der Waals surface area (Å²) < 4.78 is 25.8. The minimum Gasteiger partial charge on any atom is -0.464 e. The van der Waals surface area contributed by atoms with Crippen molar-refractivity contribution in [2.45, 2.75) is 45.3 Å². The Kier molecular flexibility index (Phi) is 6.81. The average Bonchev–Trinajstić information content (AvgIpc) is 3.09. The van der Waals surface area contributed by atoms with Gasteiger partial charge >= 0.3 is 12.1 Å². The molecule has 0 radical (unpaired) electrons. The van der Waals surface area contributed by atoms with E-state index in [1.807, 2.05) is 26.8 Å². The molecular formula is C23H28FN5O4. The Hall–Kier alpha value is -3.74. The van der Waals surface area contributed by atoms with E-state index >= 15 is 0 Å². The monoisotopic (exact) mass is 457 g/mol. The number of rotatable bonds is 4. The van der Waals surface area contributed by atoms with Crippen LogP contribution in [0.3, 0.4) is 0 Å². The zero-order valence-electron chi connectivity index (χ0n) is 19.1. The first kappa shape index (κ1) is 23.9. The number of anilines is 2. The van der Waals surface area contributed by atoms with E-state index in [2.05, 4.69) is 5.32 Å². The molecule has 176 valence electrons. The number of hydrogen-bond acceptors (Lipinski definition) is 7. The van der Waals surface area contributed by atoms with Crippen LogP contribution < -0.4 is 11.1 Å². The van der Waals surface area contributed by atoms with Gasteiger partial charge in [0, 0.05) is 25.3 Å². The van der Waals surface area contributed by atoms with Gasteiger partial charge in [0.2, 0.25) is 0 Å². The van der Waals surface area contributed by atoms with Crippen LogP contribution in [-0.2, 0) is 9.47 Å². The maximum atomic E-state index is 14.2. The topological polar surface area (TPSA) is 123 Å². The van der Waals surface area contributed by atoms with Crippen molar-refractivity contribution in [3.8, 4) is 11.8 Å². The van der Waals surface area contributed by atoms with E-state index in [1.54, 1.807) is 11.0 Å². The van der Waals surface area contributed by atoms with Crippen LogP contribution in [0.4, 0.5) is 20.6 Å². The Labute approximate surface area is 191 Å². The first-order chi connectivity index (χ1) is 15.5. The van der Waals surface area contributed by atoms with E-state index in [0.717, 1.165) is 0 Å². The third-order valence-corrected chi connectivity index (χ3v) is 5.27. The highest BCUT2D eigenvalue weighted by molar-refractivity contribution is 5.96. The molecule has 1 aromatic heterocycles. The Morgan fingerprint density at radius 1 is 1.27 bits per heavy atom. The van der Waals surface area contributed by atoms with Crippen molar-refractivity contribution in [3.63, 3.8) is 0 Å². The number of ether oxygens (including phenoxy) is 2. The van der Waals surface area contributed by atoms with Gasteiger partial charge in [-0.05, 0) is 51.8 Å². The van der Waals surface area contributed by atoms with Gasteiger partial charge in [0.1, 0.15) is 17.5 Å². The number of carbonyl (C=O) groups excluding carboxylic acids is 2. The lowest BCUT2D eigenvalue weighted by molar-refractivity contribution is 0.0210. The smallest absolute Gasteiger partial charge is 0.410 e. The van der Waals surface area contributed by atoms with Gasteiger partial charge in [0.05, 0.1) is 29.7 Å². The molecule has 1 fully saturated rings. The molecule has 1 amide bonds. The van der Waals surface area contributed by atoms with E-state index in [1.165, 1.54) is 30.0 Å². The Morgan fingerprint density at radius 3 is 2.52 bits per heavy atom. The number of esters is 1. The molecule has 0 bridgehead atoms. The van der Waals surface area contributed by atoms with E-state index in [9.17, 15) is 19.2 Å². The van der Waals surface area contributed by atoms with Crippen LogP contribution in [0.2, 0.25) is 0 Å². The van der Waals surface area contributed by atoms with Crippen LogP contribution in [-0.4, -0.2) is 53.4 Å². The fourth-order valence-corrected chi connectivity index (χ4v) is 3.68. The summed E-state index contributed by atoms with van der Waals surface area (Å²) in [6, 6.07) is 6.05. The maximum absolute atomic E-state index is 14.2. The molecule has 0 atom stereocenters. The molecule has 0 unspecified atom stereocenters. The van der Waals surface area contributed by atoms with Crippen molar-refractivity contribution < 1.29 is 23.5 Å². The summed E-state index contributed by atoms with van der Waals surface area (Å²) in [5.74, 6) is -1.26. The normalized spacial score (nSPS) is 14.5. The number of benzene rings is 1. The average molecular weight is 458 g/mol. The quantitative estimate of drug-likeness (QED) is 0.672. The molecular weight excluding hydrogens is 429 g/mol. The van der Waals surface area contributed by atoms with Gasteiger partial charge in [-0.25, -0.2) is 14.0 Å². The second-order valence-electron chi connectivity index (χ2n) is 8.83. The lowest BCUT2D eigenvalue weighted by atomic mass is 10.0. The molecule has 9 nitrogen and oxygen atoms in total. The molecule has 0 aliphatic carbocycles. The summed E-state index contributed by atoms with van der Waals surface area (Å²) >= 11 is 0. The largest absolute Gasteiger partial charge is 0.464 e. The van der Waals surface area contributed by atoms with E-state index in [4.69, 9.17) is 15.2 Å². The summed E-state index contributed by atoms with van der Waals surface area (Å²) in [5.41, 5.74) is 6.28. The highest BCUT2D eigenvalue weighted by Gasteiger charge is 2.28. The molecule has 10 heteroatoms. The highest BCUT2D eigenvalue weighted by atomic mass is 19.1. The number of aromatic nitrogens is 1. The number of nitrogens with zero attached hydrogens (tertiary/aromatic N) is 3. The number of nitrogens with two attached hydrogens (primary N) is 1. The van der Waals surface area contributed by atoms with Crippen molar-refractivity contribution in [3.05, 3.63) is 41.5 Å². The minimum absolute atomic E-state index is 0.00202. The van der Waals surface area contributed by atoms with Crippen LogP contribution >= 0.6 is 0 Å². The molecule has 1 aliphatic rings. The molecule has 3 rings (SSSR count). The maximum Gasteiger partial charge on any atom is 0.410 e. The zero-order chi connectivity index (χ0) is 24.3. The fourth-order valence-electron chi connectivity index (χ4n) is 3.68. The molecule has 2 heterocycles. The van der Waals surface area contributed by atoms with E-state index < -0.39 is 17.4 Å². The Morgan fingerprint density at radius 2 is 1.94 bits per heavy atom. The summed E-state index contributed by atoms with van der Waals surface area (Å²) in [5, 5.41) is 12.7. The lowest BCUT2D eigenvalue weighted by Gasteiger charge is -2.34. The van der Waals surface area contributed by atoms with Crippen molar-refractivity contribution in [1.29, 1.82) is 5.26 Å². The van der Waals surface area contributed by atoms with Crippen molar-refractivity contribution >= 4 is 23.4 Å². The van der Waals surface area contributed by atoms with Crippen LogP contribution in [0.1, 0.15) is 49.7 Å². The number of methoxy groups -OCH3 is 1. The van der Waals surface area contributed by atoms with Crippen molar-refractivity contribution in [1.82, 2.24) is 9.47 Å². The predicted molar refractivity (Wildman–Crippen MR) is 121 cm³/mol. The third kappa shape index (κ3) is 5.37. The highest BCUT2D eigenvalue weighted by Crippen LogP contribution is 2.31. The number of likely N-dealkylation sites (tertiary alicyclic amines) is 1. The first-order valence-electron chi connectivity index (χ1n) is 10.6. The van der Waals surface area contributed by atoms with Gasteiger partial charge in [-0.15, -0.1) is 0 Å². The molecule has 0 saturated carbocycles. The molecule has 33 heavy (non-hydrogen) atoms. The van der Waals surface area contributed by atoms with E-state index in [-0.39, 0.29) is 29.1 Å². The summed E-state index contributed by atoms with van der Waals surface area (Å²) in [7, 11) is 1.20. The number of carbonyl (C=O) groups is 2. The first-order valence-corrected chi connectivity index (χ1v) is 10.6. The second kappa shape index (κ2) is 9.40. The number of piperidine rings is 1. The summed E-state index contributed by atoms with van der Waals surface area (Å²) in [6.07, 6.45) is 2.33. The van der Waals surface area contributed by atoms with Gasteiger partial charge in [-0.1, -0.05) is 0 Å². The Bertz CT molecular complexity index is 1090. The zero-order valence-corrected chi connectivity index (χ0v) is 19.1. The molecule has 0 spiro atoms. The molecule has 2 aromatic rings. The number of nitriles is 1. The second-order valence-corrected chi connectivity index (χ2v) is 8.83. The van der Waals surface area contributed by atoms with E-state index in [0.29, 0.717) is 37.3 Å².